The summed E-state index contributed by atoms with van der Waals surface area (Å²) in [6.45, 7) is 4.94. The Balaban J connectivity index is 2.08. The van der Waals surface area contributed by atoms with Crippen molar-refractivity contribution in [2.75, 3.05) is 6.54 Å². The number of carbonyl (C=O) groups is 2. The van der Waals surface area contributed by atoms with E-state index in [-0.39, 0.29) is 17.5 Å². The first kappa shape index (κ1) is 20.9. The fourth-order valence-electron chi connectivity index (χ4n) is 2.73. The molecule has 0 spiro atoms. The smallest absolute Gasteiger partial charge is 0.267 e. The van der Waals surface area contributed by atoms with Crippen LogP contribution in [0, 0.1) is 5.92 Å². The lowest BCUT2D eigenvalue weighted by molar-refractivity contribution is -0.117. The maximum atomic E-state index is 12.7. The molecular weight excluding hydrogens is 356 g/mol. The molecule has 144 valence electrons. The molecule has 1 unspecified atom stereocenters. The predicted octanol–water partition coefficient (Wildman–Crippen LogP) is 4.85. The van der Waals surface area contributed by atoms with Crippen LogP contribution in [0.2, 0.25) is 0 Å². The second kappa shape index (κ2) is 11.3. The Hall–Kier alpha value is -2.40. The Kier molecular flexibility index (Phi) is 8.78. The van der Waals surface area contributed by atoms with Gasteiger partial charge < -0.3 is 10.6 Å². The van der Waals surface area contributed by atoms with E-state index >= 15 is 0 Å². The van der Waals surface area contributed by atoms with Crippen molar-refractivity contribution >= 4 is 29.2 Å². The maximum Gasteiger partial charge on any atom is 0.267 e. The molecule has 2 aromatic rings. The first-order valence-electron chi connectivity index (χ1n) is 9.53. The number of unbranched alkanes of at least 4 members (excludes halogenated alkanes) is 1. The van der Waals surface area contributed by atoms with Gasteiger partial charge in [0.2, 0.25) is 0 Å². The molecule has 1 aromatic heterocycles. The van der Waals surface area contributed by atoms with Crippen LogP contribution < -0.4 is 10.6 Å². The van der Waals surface area contributed by atoms with E-state index in [4.69, 9.17) is 0 Å². The van der Waals surface area contributed by atoms with E-state index in [0.717, 1.165) is 30.6 Å². The summed E-state index contributed by atoms with van der Waals surface area (Å²) in [5.41, 5.74) is 0.799. The molecule has 0 fully saturated rings. The zero-order chi connectivity index (χ0) is 19.5. The van der Waals surface area contributed by atoms with Crippen molar-refractivity contribution in [2.45, 2.75) is 39.5 Å². The monoisotopic (exact) mass is 384 g/mol. The minimum absolute atomic E-state index is 0.248. The van der Waals surface area contributed by atoms with Gasteiger partial charge in [-0.1, -0.05) is 57.4 Å². The zero-order valence-electron chi connectivity index (χ0n) is 16.0. The fourth-order valence-corrected chi connectivity index (χ4v) is 3.39. The van der Waals surface area contributed by atoms with Crippen molar-refractivity contribution in [1.29, 1.82) is 0 Å². The summed E-state index contributed by atoms with van der Waals surface area (Å²) in [4.78, 5) is 26.2. The summed E-state index contributed by atoms with van der Waals surface area (Å²) in [7, 11) is 0. The van der Waals surface area contributed by atoms with Crippen molar-refractivity contribution in [3.05, 3.63) is 64.0 Å². The van der Waals surface area contributed by atoms with Crippen LogP contribution in [0.15, 0.2) is 53.5 Å². The summed E-state index contributed by atoms with van der Waals surface area (Å²) in [6, 6.07) is 12.8. The Bertz CT molecular complexity index is 739. The minimum atomic E-state index is -0.286. The van der Waals surface area contributed by atoms with Gasteiger partial charge in [0.15, 0.2) is 0 Å². The van der Waals surface area contributed by atoms with Crippen molar-refractivity contribution in [2.24, 2.45) is 5.92 Å². The van der Waals surface area contributed by atoms with Gasteiger partial charge in [-0.25, -0.2) is 0 Å². The summed E-state index contributed by atoms with van der Waals surface area (Å²) >= 11 is 1.52. The Morgan fingerprint density at radius 2 is 1.89 bits per heavy atom. The highest BCUT2D eigenvalue weighted by atomic mass is 32.1. The SMILES string of the molecule is CCCCC(CC)CNC(=O)/C(=C/c1cccs1)NC(=O)c1ccccc1. The number of rotatable bonds is 10. The van der Waals surface area contributed by atoms with E-state index in [0.29, 0.717) is 18.0 Å². The standard InChI is InChI=1S/C22H28N2O2S/c1-3-5-10-17(4-2)16-23-22(26)20(15-19-13-9-14-27-19)24-21(25)18-11-7-6-8-12-18/h6-9,11-15,17H,3-5,10,16H2,1-2H3,(H,23,26)(H,24,25)/b20-15-. The summed E-state index contributed by atoms with van der Waals surface area (Å²) in [5, 5.41) is 7.71. The predicted molar refractivity (Wildman–Crippen MR) is 113 cm³/mol. The van der Waals surface area contributed by atoms with Gasteiger partial charge in [0.05, 0.1) is 0 Å². The molecule has 27 heavy (non-hydrogen) atoms. The Labute approximate surface area is 165 Å². The van der Waals surface area contributed by atoms with Gasteiger partial charge in [-0.3, -0.25) is 9.59 Å². The maximum absolute atomic E-state index is 12.7. The molecule has 5 heteroatoms. The molecule has 1 atom stereocenters. The lowest BCUT2D eigenvalue weighted by Crippen LogP contribution is -2.37. The van der Waals surface area contributed by atoms with Crippen LogP contribution in [0.1, 0.15) is 54.8 Å². The largest absolute Gasteiger partial charge is 0.350 e. The number of nitrogens with one attached hydrogen (secondary N) is 2. The number of benzene rings is 1. The van der Waals surface area contributed by atoms with Crippen molar-refractivity contribution in [1.82, 2.24) is 10.6 Å². The molecule has 1 aromatic carbocycles. The van der Waals surface area contributed by atoms with E-state index < -0.39 is 0 Å². The molecule has 0 aliphatic carbocycles. The third-order valence-electron chi connectivity index (χ3n) is 4.45. The number of thiophene rings is 1. The summed E-state index contributed by atoms with van der Waals surface area (Å²) in [5.74, 6) is -0.0732. The highest BCUT2D eigenvalue weighted by molar-refractivity contribution is 7.10. The van der Waals surface area contributed by atoms with Crippen molar-refractivity contribution < 1.29 is 9.59 Å². The van der Waals surface area contributed by atoms with Gasteiger partial charge in [0, 0.05) is 17.0 Å². The molecule has 0 saturated carbocycles. The molecule has 2 amide bonds. The third-order valence-corrected chi connectivity index (χ3v) is 5.27. The molecule has 0 aliphatic rings. The fraction of sp³-hybridized carbons (Fsp3) is 0.364. The van der Waals surface area contributed by atoms with Crippen LogP contribution in [-0.2, 0) is 4.79 Å². The highest BCUT2D eigenvalue weighted by Crippen LogP contribution is 2.14. The number of hydrogen-bond acceptors (Lipinski definition) is 3. The minimum Gasteiger partial charge on any atom is -0.350 e. The van der Waals surface area contributed by atoms with Crippen LogP contribution in [0.25, 0.3) is 6.08 Å². The second-order valence-electron chi connectivity index (χ2n) is 6.52. The summed E-state index contributed by atoms with van der Waals surface area (Å²) < 4.78 is 0. The van der Waals surface area contributed by atoms with Crippen molar-refractivity contribution in [3.63, 3.8) is 0 Å². The van der Waals surface area contributed by atoms with Crippen LogP contribution in [0.4, 0.5) is 0 Å². The third kappa shape index (κ3) is 7.02. The van der Waals surface area contributed by atoms with Crippen molar-refractivity contribution in [3.8, 4) is 0 Å². The highest BCUT2D eigenvalue weighted by Gasteiger charge is 2.16. The molecule has 0 radical (unpaired) electrons. The Morgan fingerprint density at radius 1 is 1.11 bits per heavy atom. The van der Waals surface area contributed by atoms with E-state index in [2.05, 4.69) is 24.5 Å². The Morgan fingerprint density at radius 3 is 2.52 bits per heavy atom. The summed E-state index contributed by atoms with van der Waals surface area (Å²) in [6.07, 6.45) is 6.18. The lowest BCUT2D eigenvalue weighted by atomic mass is 9.99. The first-order valence-corrected chi connectivity index (χ1v) is 10.4. The van der Waals surface area contributed by atoms with Crippen LogP contribution in [0.5, 0.6) is 0 Å². The van der Waals surface area contributed by atoms with E-state index in [1.165, 1.54) is 11.3 Å². The van der Waals surface area contributed by atoms with Gasteiger partial charge in [0.25, 0.3) is 11.8 Å². The van der Waals surface area contributed by atoms with Gasteiger partial charge in [0.1, 0.15) is 5.70 Å². The number of carbonyl (C=O) groups excluding carboxylic acids is 2. The average Bonchev–Trinajstić information content (AvgIpc) is 3.21. The number of amides is 2. The topological polar surface area (TPSA) is 58.2 Å². The average molecular weight is 385 g/mol. The second-order valence-corrected chi connectivity index (χ2v) is 7.50. The van der Waals surface area contributed by atoms with Gasteiger partial charge >= 0.3 is 0 Å². The molecule has 2 rings (SSSR count). The molecule has 2 N–H and O–H groups in total. The molecule has 4 nitrogen and oxygen atoms in total. The number of hydrogen-bond donors (Lipinski definition) is 2. The van der Waals surface area contributed by atoms with Crippen LogP contribution in [0.3, 0.4) is 0 Å². The van der Waals surface area contributed by atoms with Crippen LogP contribution >= 0.6 is 11.3 Å². The molecular formula is C22H28N2O2S. The quantitative estimate of drug-likeness (QED) is 0.575. The van der Waals surface area contributed by atoms with Gasteiger partial charge in [-0.05, 0) is 42.0 Å². The van der Waals surface area contributed by atoms with E-state index in [1.807, 2.05) is 23.6 Å². The molecule has 0 aliphatic heterocycles. The normalized spacial score (nSPS) is 12.4. The first-order chi connectivity index (χ1) is 13.1. The molecule has 0 bridgehead atoms. The van der Waals surface area contributed by atoms with Gasteiger partial charge in [-0.2, -0.15) is 0 Å². The molecule has 1 heterocycles. The lowest BCUT2D eigenvalue weighted by Gasteiger charge is -2.16. The van der Waals surface area contributed by atoms with Crippen LogP contribution in [-0.4, -0.2) is 18.4 Å². The van der Waals surface area contributed by atoms with E-state index in [9.17, 15) is 9.59 Å². The zero-order valence-corrected chi connectivity index (χ0v) is 16.9. The van der Waals surface area contributed by atoms with E-state index in [1.54, 1.807) is 30.3 Å². The molecule has 0 saturated heterocycles. The van der Waals surface area contributed by atoms with Gasteiger partial charge in [-0.15, -0.1) is 11.3 Å².